The van der Waals surface area contributed by atoms with Crippen LogP contribution in [0, 0.1) is 0 Å². The van der Waals surface area contributed by atoms with Gasteiger partial charge in [-0.1, -0.05) is 30.9 Å². The molecule has 0 amide bonds. The lowest BCUT2D eigenvalue weighted by atomic mass is 9.79. The summed E-state index contributed by atoms with van der Waals surface area (Å²) in [5, 5.41) is 1.50. The van der Waals surface area contributed by atoms with E-state index in [0.29, 0.717) is 22.8 Å². The molecule has 0 spiro atoms. The summed E-state index contributed by atoms with van der Waals surface area (Å²) in [6.07, 6.45) is 5.64. The number of carbonyl (C=O) groups excluding carboxylic acids is 1. The molecule has 20 heavy (non-hydrogen) atoms. The highest BCUT2D eigenvalue weighted by atomic mass is 35.5. The fourth-order valence-corrected chi connectivity index (χ4v) is 3.17. The van der Waals surface area contributed by atoms with E-state index in [0.717, 1.165) is 31.1 Å². The molecule has 4 heteroatoms. The number of ketones is 1. The number of hydrogen-bond acceptors (Lipinski definition) is 3. The molecule has 1 aliphatic carbocycles. The van der Waals surface area contributed by atoms with Gasteiger partial charge in [-0.2, -0.15) is 0 Å². The van der Waals surface area contributed by atoms with Crippen LogP contribution in [0.3, 0.4) is 0 Å². The van der Waals surface area contributed by atoms with Gasteiger partial charge in [0.2, 0.25) is 0 Å². The van der Waals surface area contributed by atoms with Gasteiger partial charge < -0.3 is 10.2 Å². The maximum Gasteiger partial charge on any atom is 0.199 e. The fourth-order valence-electron chi connectivity index (χ4n) is 2.99. The summed E-state index contributed by atoms with van der Waals surface area (Å²) in [7, 11) is 0. The number of nitrogens with two attached hydrogens (primary N) is 1. The maximum atomic E-state index is 12.4. The van der Waals surface area contributed by atoms with E-state index in [9.17, 15) is 4.79 Å². The standard InChI is InChI=1S/C16H18ClNO2/c17-12-4-5-14-11(8-12)9-15(20-14)13(19)10-16(18)6-2-1-3-7-16/h4-5,8-9H,1-3,6-7,10,18H2. The van der Waals surface area contributed by atoms with Crippen molar-refractivity contribution in [1.29, 1.82) is 0 Å². The van der Waals surface area contributed by atoms with E-state index in [2.05, 4.69) is 0 Å². The molecule has 1 saturated carbocycles. The number of Topliss-reactive ketones (excluding diaryl/α,β-unsaturated/α-hetero) is 1. The molecule has 1 fully saturated rings. The van der Waals surface area contributed by atoms with Crippen molar-refractivity contribution < 1.29 is 9.21 Å². The van der Waals surface area contributed by atoms with Gasteiger partial charge in [0.15, 0.2) is 11.5 Å². The molecule has 0 atom stereocenters. The molecule has 1 heterocycles. The van der Waals surface area contributed by atoms with E-state index in [1.54, 1.807) is 24.3 Å². The third-order valence-corrected chi connectivity index (χ3v) is 4.35. The Bertz CT molecular complexity index is 641. The lowest BCUT2D eigenvalue weighted by Crippen LogP contribution is -2.43. The Labute approximate surface area is 123 Å². The molecule has 3 nitrogen and oxygen atoms in total. The van der Waals surface area contributed by atoms with Gasteiger partial charge in [-0.3, -0.25) is 4.79 Å². The van der Waals surface area contributed by atoms with Gasteiger partial charge in [0.25, 0.3) is 0 Å². The van der Waals surface area contributed by atoms with Gasteiger partial charge >= 0.3 is 0 Å². The second-order valence-electron chi connectivity index (χ2n) is 5.82. The summed E-state index contributed by atoms with van der Waals surface area (Å²) in [5.41, 5.74) is 6.66. The first-order valence-electron chi connectivity index (χ1n) is 7.07. The molecular formula is C16H18ClNO2. The predicted octanol–water partition coefficient (Wildman–Crippen LogP) is 4.32. The summed E-state index contributed by atoms with van der Waals surface area (Å²) in [4.78, 5) is 12.4. The van der Waals surface area contributed by atoms with Gasteiger partial charge in [-0.15, -0.1) is 0 Å². The lowest BCUT2D eigenvalue weighted by molar-refractivity contribution is 0.0909. The lowest BCUT2D eigenvalue weighted by Gasteiger charge is -2.32. The van der Waals surface area contributed by atoms with Crippen molar-refractivity contribution in [1.82, 2.24) is 0 Å². The average molecular weight is 292 g/mol. The highest BCUT2D eigenvalue weighted by molar-refractivity contribution is 6.31. The SMILES string of the molecule is NC1(CC(=O)c2cc3cc(Cl)ccc3o2)CCCCC1. The zero-order valence-electron chi connectivity index (χ0n) is 11.3. The smallest absolute Gasteiger partial charge is 0.199 e. The minimum Gasteiger partial charge on any atom is -0.453 e. The van der Waals surface area contributed by atoms with Crippen molar-refractivity contribution in [2.24, 2.45) is 5.73 Å². The Balaban J connectivity index is 1.81. The van der Waals surface area contributed by atoms with Crippen LogP contribution in [-0.4, -0.2) is 11.3 Å². The second-order valence-corrected chi connectivity index (χ2v) is 6.25. The summed E-state index contributed by atoms with van der Waals surface area (Å²) in [6, 6.07) is 7.10. The molecule has 1 aromatic heterocycles. The van der Waals surface area contributed by atoms with Crippen molar-refractivity contribution in [2.45, 2.75) is 44.1 Å². The quantitative estimate of drug-likeness (QED) is 0.857. The molecule has 1 aliphatic rings. The number of fused-ring (bicyclic) bond motifs is 1. The van der Waals surface area contributed by atoms with Crippen LogP contribution >= 0.6 is 11.6 Å². The molecule has 2 N–H and O–H groups in total. The number of benzene rings is 1. The van der Waals surface area contributed by atoms with Crippen molar-refractivity contribution >= 4 is 28.4 Å². The first-order valence-corrected chi connectivity index (χ1v) is 7.45. The molecule has 2 aromatic rings. The second kappa shape index (κ2) is 5.23. The molecule has 1 aromatic carbocycles. The molecule has 0 bridgehead atoms. The number of furan rings is 1. The minimum absolute atomic E-state index is 0.0123. The number of carbonyl (C=O) groups is 1. The molecule has 0 saturated heterocycles. The molecule has 0 unspecified atom stereocenters. The fraction of sp³-hybridized carbons (Fsp3) is 0.438. The Morgan fingerprint density at radius 2 is 2.00 bits per heavy atom. The van der Waals surface area contributed by atoms with Gasteiger partial charge in [0, 0.05) is 22.4 Å². The monoisotopic (exact) mass is 291 g/mol. The normalized spacial score (nSPS) is 18.3. The summed E-state index contributed by atoms with van der Waals surface area (Å²) >= 11 is 5.94. The Kier molecular flexibility index (Phi) is 3.57. The van der Waals surface area contributed by atoms with E-state index in [4.69, 9.17) is 21.8 Å². The van der Waals surface area contributed by atoms with Crippen molar-refractivity contribution in [3.8, 4) is 0 Å². The van der Waals surface area contributed by atoms with Gasteiger partial charge in [-0.05, 0) is 37.1 Å². The summed E-state index contributed by atoms with van der Waals surface area (Å²) in [5.74, 6) is 0.374. The Morgan fingerprint density at radius 1 is 1.25 bits per heavy atom. The molecule has 3 rings (SSSR count). The Morgan fingerprint density at radius 3 is 2.75 bits per heavy atom. The number of halogens is 1. The maximum absolute atomic E-state index is 12.4. The zero-order chi connectivity index (χ0) is 14.2. The average Bonchev–Trinajstić information content (AvgIpc) is 2.82. The van der Waals surface area contributed by atoms with Crippen LogP contribution in [0.25, 0.3) is 11.0 Å². The first kappa shape index (κ1) is 13.7. The minimum atomic E-state index is -0.355. The largest absolute Gasteiger partial charge is 0.453 e. The van der Waals surface area contributed by atoms with Crippen LogP contribution in [0.2, 0.25) is 5.02 Å². The van der Waals surface area contributed by atoms with Crippen molar-refractivity contribution in [3.05, 3.63) is 35.0 Å². The summed E-state index contributed by atoms with van der Waals surface area (Å²) < 4.78 is 5.61. The molecule has 106 valence electrons. The van der Waals surface area contributed by atoms with Gasteiger partial charge in [0.05, 0.1) is 0 Å². The highest BCUT2D eigenvalue weighted by Crippen LogP contribution is 2.31. The van der Waals surface area contributed by atoms with E-state index < -0.39 is 0 Å². The van der Waals surface area contributed by atoms with E-state index in [1.165, 1.54) is 6.42 Å². The van der Waals surface area contributed by atoms with Crippen LogP contribution in [0.5, 0.6) is 0 Å². The van der Waals surface area contributed by atoms with Gasteiger partial charge in [0.1, 0.15) is 5.58 Å². The van der Waals surface area contributed by atoms with Crippen LogP contribution in [0.4, 0.5) is 0 Å². The number of hydrogen-bond donors (Lipinski definition) is 1. The Hall–Kier alpha value is -1.32. The van der Waals surface area contributed by atoms with Crippen LogP contribution in [0.15, 0.2) is 28.7 Å². The zero-order valence-corrected chi connectivity index (χ0v) is 12.1. The molecular weight excluding hydrogens is 274 g/mol. The third-order valence-electron chi connectivity index (χ3n) is 4.12. The first-order chi connectivity index (χ1) is 9.56. The van der Waals surface area contributed by atoms with E-state index in [-0.39, 0.29) is 11.3 Å². The molecule has 0 radical (unpaired) electrons. The van der Waals surface area contributed by atoms with Crippen LogP contribution in [-0.2, 0) is 0 Å². The third kappa shape index (κ3) is 2.74. The topological polar surface area (TPSA) is 56.2 Å². The molecule has 0 aliphatic heterocycles. The number of rotatable bonds is 3. The van der Waals surface area contributed by atoms with E-state index in [1.807, 2.05) is 0 Å². The summed E-state index contributed by atoms with van der Waals surface area (Å²) in [6.45, 7) is 0. The van der Waals surface area contributed by atoms with E-state index >= 15 is 0 Å². The van der Waals surface area contributed by atoms with Crippen molar-refractivity contribution in [3.63, 3.8) is 0 Å². The van der Waals surface area contributed by atoms with Crippen molar-refractivity contribution in [2.75, 3.05) is 0 Å². The van der Waals surface area contributed by atoms with Crippen LogP contribution in [0.1, 0.15) is 49.1 Å². The predicted molar refractivity (Wildman–Crippen MR) is 80.2 cm³/mol. The van der Waals surface area contributed by atoms with Gasteiger partial charge in [-0.25, -0.2) is 0 Å². The highest BCUT2D eigenvalue weighted by Gasteiger charge is 2.31. The van der Waals surface area contributed by atoms with Crippen LogP contribution < -0.4 is 5.73 Å².